The van der Waals surface area contributed by atoms with Gasteiger partial charge in [-0.05, 0) is 62.6 Å². The van der Waals surface area contributed by atoms with Crippen molar-refractivity contribution in [1.82, 2.24) is 24.4 Å². The molecule has 1 fully saturated rings. The van der Waals surface area contributed by atoms with Crippen LogP contribution in [0.25, 0.3) is 28.0 Å². The van der Waals surface area contributed by atoms with Crippen LogP contribution in [-0.4, -0.2) is 55.5 Å². The third-order valence-corrected chi connectivity index (χ3v) is 7.72. The molecule has 4 heterocycles. The Morgan fingerprint density at radius 2 is 1.86 bits per heavy atom. The summed E-state index contributed by atoms with van der Waals surface area (Å²) in [6.45, 7) is 13.8. The highest BCUT2D eigenvalue weighted by atomic mass is 19.1. The van der Waals surface area contributed by atoms with E-state index in [-0.39, 0.29) is 57.7 Å². The normalized spacial score (nSPS) is 17.2. The van der Waals surface area contributed by atoms with E-state index in [1.807, 2.05) is 39.5 Å². The molecular weight excluding hydrogens is 540 g/mol. The Bertz CT molecular complexity index is 1770. The number of piperazine rings is 1. The van der Waals surface area contributed by atoms with Gasteiger partial charge in [0.15, 0.2) is 11.5 Å². The first-order valence-electron chi connectivity index (χ1n) is 13.8. The van der Waals surface area contributed by atoms with E-state index in [0.29, 0.717) is 24.5 Å². The van der Waals surface area contributed by atoms with E-state index in [1.54, 1.807) is 17.2 Å². The van der Waals surface area contributed by atoms with Crippen molar-refractivity contribution in [3.05, 3.63) is 82.6 Å². The molecule has 0 bridgehead atoms. The zero-order valence-electron chi connectivity index (χ0n) is 24.2. The van der Waals surface area contributed by atoms with Gasteiger partial charge in [-0.25, -0.2) is 23.1 Å². The Morgan fingerprint density at radius 3 is 2.52 bits per heavy atom. The number of hydrogen-bond acceptors (Lipinski definition) is 7. The van der Waals surface area contributed by atoms with Crippen LogP contribution in [0.5, 0.6) is 0 Å². The molecule has 218 valence electrons. The van der Waals surface area contributed by atoms with E-state index in [9.17, 15) is 9.59 Å². The van der Waals surface area contributed by atoms with E-state index in [2.05, 4.69) is 21.5 Å². The molecule has 2 atom stereocenters. The lowest BCUT2D eigenvalue weighted by molar-refractivity contribution is -0.128. The highest BCUT2D eigenvalue weighted by Crippen LogP contribution is 2.36. The van der Waals surface area contributed by atoms with E-state index >= 15 is 8.78 Å². The summed E-state index contributed by atoms with van der Waals surface area (Å²) >= 11 is 0. The van der Waals surface area contributed by atoms with Crippen LogP contribution in [0.3, 0.4) is 0 Å². The molecule has 0 spiro atoms. The summed E-state index contributed by atoms with van der Waals surface area (Å²) < 4.78 is 32.3. The number of benzene rings is 1. The monoisotopic (exact) mass is 573 g/mol. The average molecular weight is 574 g/mol. The fraction of sp³-hybridized carbons (Fsp3) is 0.323. The van der Waals surface area contributed by atoms with E-state index < -0.39 is 17.3 Å². The molecule has 11 heteroatoms. The van der Waals surface area contributed by atoms with Gasteiger partial charge in [0.25, 0.3) is 0 Å². The van der Waals surface area contributed by atoms with Crippen LogP contribution in [-0.2, 0) is 4.79 Å². The highest BCUT2D eigenvalue weighted by Gasteiger charge is 2.34. The molecule has 0 aliphatic carbocycles. The van der Waals surface area contributed by atoms with Gasteiger partial charge in [0.1, 0.15) is 17.3 Å². The molecule has 2 N–H and O–H groups in total. The fourth-order valence-corrected chi connectivity index (χ4v) is 5.62. The van der Waals surface area contributed by atoms with Crippen LogP contribution in [0.1, 0.15) is 44.9 Å². The van der Waals surface area contributed by atoms with Crippen LogP contribution in [0.2, 0.25) is 0 Å². The minimum atomic E-state index is -0.819. The quantitative estimate of drug-likeness (QED) is 0.271. The van der Waals surface area contributed by atoms with E-state index in [1.165, 1.54) is 34.9 Å². The Balaban J connectivity index is 1.85. The number of amides is 1. The van der Waals surface area contributed by atoms with Crippen molar-refractivity contribution in [1.29, 1.82) is 0 Å². The largest absolute Gasteiger partial charge is 0.398 e. The standard InChI is InChI=1S/C31H33F2N7O2/c1-7-24(41)38-14-19(6)39(15-18(38)5)29-20-13-22(33)27(25-21(32)9-8-10-23(25)34)36-30(20)40(31(42)37-29)28-17(4)11-12-35-26(28)16(2)3/h7-13,16,18-19H,1,14-15,34H2,2-6H3. The molecule has 2 unspecified atom stereocenters. The topological polar surface area (TPSA) is 110 Å². The second kappa shape index (κ2) is 11.0. The van der Waals surface area contributed by atoms with Gasteiger partial charge < -0.3 is 15.5 Å². The van der Waals surface area contributed by atoms with Gasteiger partial charge in [0.05, 0.1) is 22.3 Å². The molecule has 0 saturated carbocycles. The predicted molar refractivity (Wildman–Crippen MR) is 160 cm³/mol. The van der Waals surface area contributed by atoms with E-state index in [0.717, 1.165) is 5.56 Å². The number of halogens is 2. The predicted octanol–water partition coefficient (Wildman–Crippen LogP) is 4.75. The molecule has 1 aromatic carbocycles. The third kappa shape index (κ3) is 4.78. The fourth-order valence-electron chi connectivity index (χ4n) is 5.62. The van der Waals surface area contributed by atoms with Crippen molar-refractivity contribution in [2.24, 2.45) is 0 Å². The Labute approximate surface area is 242 Å². The maximum Gasteiger partial charge on any atom is 0.355 e. The lowest BCUT2D eigenvalue weighted by Crippen LogP contribution is -2.58. The van der Waals surface area contributed by atoms with Crippen LogP contribution < -0.4 is 16.3 Å². The van der Waals surface area contributed by atoms with Crippen molar-refractivity contribution in [2.45, 2.75) is 52.6 Å². The number of carbonyl (C=O) groups excluding carboxylic acids is 1. The maximum atomic E-state index is 15.9. The van der Waals surface area contributed by atoms with Gasteiger partial charge in [-0.15, -0.1) is 0 Å². The van der Waals surface area contributed by atoms with Gasteiger partial charge >= 0.3 is 5.69 Å². The molecule has 5 rings (SSSR count). The SMILES string of the molecule is C=CC(=O)N1CC(C)N(c2nc(=O)n(-c3c(C)ccnc3C(C)C)c3nc(-c4c(N)cccc4F)c(F)cc23)CC1C. The summed E-state index contributed by atoms with van der Waals surface area (Å²) in [4.78, 5) is 43.6. The van der Waals surface area contributed by atoms with Gasteiger partial charge in [-0.1, -0.05) is 26.5 Å². The second-order valence-corrected chi connectivity index (χ2v) is 11.0. The zero-order valence-corrected chi connectivity index (χ0v) is 24.2. The Morgan fingerprint density at radius 1 is 1.12 bits per heavy atom. The Hall–Kier alpha value is -4.67. The molecule has 42 heavy (non-hydrogen) atoms. The van der Waals surface area contributed by atoms with Gasteiger partial charge in [0.2, 0.25) is 5.91 Å². The van der Waals surface area contributed by atoms with Crippen molar-refractivity contribution in [3.63, 3.8) is 0 Å². The number of hydrogen-bond donors (Lipinski definition) is 1. The number of fused-ring (bicyclic) bond motifs is 1. The maximum absolute atomic E-state index is 15.9. The number of pyridine rings is 2. The van der Waals surface area contributed by atoms with Crippen molar-refractivity contribution < 1.29 is 13.6 Å². The van der Waals surface area contributed by atoms with Crippen LogP contribution in [0.4, 0.5) is 20.3 Å². The van der Waals surface area contributed by atoms with Gasteiger partial charge in [-0.2, -0.15) is 4.98 Å². The van der Waals surface area contributed by atoms with Crippen LogP contribution in [0, 0.1) is 18.6 Å². The number of nitrogens with zero attached hydrogens (tertiary/aromatic N) is 6. The first-order chi connectivity index (χ1) is 19.9. The van der Waals surface area contributed by atoms with Gasteiger partial charge in [0, 0.05) is 37.1 Å². The summed E-state index contributed by atoms with van der Waals surface area (Å²) in [6.07, 6.45) is 2.93. The molecule has 1 aliphatic rings. The highest BCUT2D eigenvalue weighted by molar-refractivity contribution is 5.92. The number of nitrogens with two attached hydrogens (primary N) is 1. The summed E-state index contributed by atoms with van der Waals surface area (Å²) in [5, 5.41) is 0.256. The van der Waals surface area contributed by atoms with E-state index in [4.69, 9.17) is 5.73 Å². The van der Waals surface area contributed by atoms with Crippen LogP contribution in [0.15, 0.2) is 54.0 Å². The lowest BCUT2D eigenvalue weighted by Gasteiger charge is -2.44. The summed E-state index contributed by atoms with van der Waals surface area (Å²) in [6, 6.07) is 6.55. The molecule has 3 aromatic heterocycles. The number of aryl methyl sites for hydroxylation is 1. The molecule has 1 amide bonds. The number of nitrogen functional groups attached to an aromatic ring is 1. The molecule has 1 saturated heterocycles. The summed E-state index contributed by atoms with van der Waals surface area (Å²) in [7, 11) is 0. The van der Waals surface area contributed by atoms with Crippen molar-refractivity contribution in [3.8, 4) is 16.9 Å². The van der Waals surface area contributed by atoms with Crippen molar-refractivity contribution in [2.75, 3.05) is 23.7 Å². The third-order valence-electron chi connectivity index (χ3n) is 7.72. The number of rotatable bonds is 5. The van der Waals surface area contributed by atoms with Gasteiger partial charge in [-0.3, -0.25) is 9.78 Å². The zero-order chi connectivity index (χ0) is 30.5. The minimum absolute atomic E-state index is 0.00908. The molecule has 9 nitrogen and oxygen atoms in total. The first kappa shape index (κ1) is 28.8. The van der Waals surface area contributed by atoms with Crippen molar-refractivity contribution >= 4 is 28.4 Å². The number of carbonyl (C=O) groups is 1. The minimum Gasteiger partial charge on any atom is -0.398 e. The number of anilines is 2. The molecular formula is C31H33F2N7O2. The Kier molecular flexibility index (Phi) is 7.53. The molecule has 4 aromatic rings. The molecule has 0 radical (unpaired) electrons. The average Bonchev–Trinajstić information content (AvgIpc) is 2.94. The second-order valence-electron chi connectivity index (χ2n) is 11.0. The lowest BCUT2D eigenvalue weighted by atomic mass is 10.0. The number of aromatic nitrogens is 4. The first-order valence-corrected chi connectivity index (χ1v) is 13.8. The smallest absolute Gasteiger partial charge is 0.355 e. The van der Waals surface area contributed by atoms with Crippen LogP contribution >= 0.6 is 0 Å². The summed E-state index contributed by atoms with van der Waals surface area (Å²) in [5.74, 6) is -1.60. The summed E-state index contributed by atoms with van der Waals surface area (Å²) in [5.41, 5.74) is 6.86. The molecule has 1 aliphatic heterocycles.